The van der Waals surface area contributed by atoms with Gasteiger partial charge in [0.2, 0.25) is 0 Å². The van der Waals surface area contributed by atoms with Crippen molar-refractivity contribution in [3.05, 3.63) is 11.4 Å². The van der Waals surface area contributed by atoms with Gasteiger partial charge in [-0.25, -0.2) is 4.98 Å². The van der Waals surface area contributed by atoms with Crippen molar-refractivity contribution < 1.29 is 0 Å². The Morgan fingerprint density at radius 2 is 2.44 bits per heavy atom. The maximum absolute atomic E-state index is 5.45. The highest BCUT2D eigenvalue weighted by Gasteiger charge is 1.98. The number of fused-ring (bicyclic) bond motifs is 1. The van der Waals surface area contributed by atoms with E-state index in [1.54, 1.807) is 11.3 Å². The van der Waals surface area contributed by atoms with Gasteiger partial charge in [-0.05, 0) is 11.4 Å². The van der Waals surface area contributed by atoms with Crippen LogP contribution in [-0.2, 0) is 0 Å². The Balaban J connectivity index is 2.92. The van der Waals surface area contributed by atoms with Crippen molar-refractivity contribution in [1.82, 2.24) is 4.98 Å². The van der Waals surface area contributed by atoms with E-state index in [-0.39, 0.29) is 0 Å². The second-order valence-corrected chi connectivity index (χ2v) is 3.60. The number of anilines is 1. The molecule has 2 aromatic rings. The molecule has 0 bridgehead atoms. The lowest BCUT2D eigenvalue weighted by Gasteiger charge is -1.70. The molecule has 0 spiro atoms. The Labute approximate surface area is 60.0 Å². The van der Waals surface area contributed by atoms with E-state index < -0.39 is 0 Å². The summed E-state index contributed by atoms with van der Waals surface area (Å²) in [4.78, 5) is 5.14. The molecule has 0 saturated heterocycles. The molecule has 2 N–H and O–H groups in total. The lowest BCUT2D eigenvalue weighted by atomic mass is 10.6. The molecular weight excluding hydrogens is 152 g/mol. The van der Waals surface area contributed by atoms with Gasteiger partial charge in [0, 0.05) is 0 Å². The normalized spacial score (nSPS) is 10.7. The van der Waals surface area contributed by atoms with Crippen molar-refractivity contribution in [3.8, 4) is 0 Å². The Bertz CT molecular complexity index is 294. The molecule has 0 saturated carbocycles. The van der Waals surface area contributed by atoms with Gasteiger partial charge in [0.05, 0.1) is 4.70 Å². The molecule has 0 unspecified atom stereocenters. The van der Waals surface area contributed by atoms with Gasteiger partial charge in [0.25, 0.3) is 0 Å². The van der Waals surface area contributed by atoms with E-state index in [1.807, 2.05) is 11.4 Å². The summed E-state index contributed by atoms with van der Waals surface area (Å²) >= 11 is 3.16. The molecule has 0 aliphatic carbocycles. The molecule has 2 heterocycles. The largest absolute Gasteiger partial charge is 0.375 e. The zero-order chi connectivity index (χ0) is 6.27. The first kappa shape index (κ1) is 5.20. The Kier molecular flexibility index (Phi) is 0.972. The molecule has 4 heteroatoms. The van der Waals surface area contributed by atoms with Crippen LogP contribution in [0.15, 0.2) is 11.4 Å². The number of nitrogen functional groups attached to an aromatic ring is 1. The van der Waals surface area contributed by atoms with Gasteiger partial charge in [0.15, 0.2) is 5.13 Å². The number of rotatable bonds is 0. The standard InChI is InChI=1S/C5H4N2S2/c6-5-7-4-3(9-5)1-2-8-4/h1-2H,(H2,6,7). The summed E-state index contributed by atoms with van der Waals surface area (Å²) < 4.78 is 1.19. The zero-order valence-corrected chi connectivity index (χ0v) is 6.13. The summed E-state index contributed by atoms with van der Waals surface area (Å²) in [5.41, 5.74) is 5.45. The average molecular weight is 156 g/mol. The SMILES string of the molecule is Nc1nc2sccc2s1. The summed E-state index contributed by atoms with van der Waals surface area (Å²) in [7, 11) is 0. The first-order valence-electron chi connectivity index (χ1n) is 2.46. The van der Waals surface area contributed by atoms with Crippen molar-refractivity contribution in [1.29, 1.82) is 0 Å². The van der Waals surface area contributed by atoms with E-state index in [0.717, 1.165) is 4.83 Å². The molecule has 0 aromatic carbocycles. The van der Waals surface area contributed by atoms with Crippen LogP contribution in [0.5, 0.6) is 0 Å². The number of thiazole rings is 1. The third kappa shape index (κ3) is 0.710. The molecule has 9 heavy (non-hydrogen) atoms. The van der Waals surface area contributed by atoms with Crippen LogP contribution in [-0.4, -0.2) is 4.98 Å². The third-order valence-electron chi connectivity index (χ3n) is 1.04. The quantitative estimate of drug-likeness (QED) is 0.633. The lowest BCUT2D eigenvalue weighted by Crippen LogP contribution is -1.77. The molecule has 0 amide bonds. The van der Waals surface area contributed by atoms with Crippen LogP contribution in [0.1, 0.15) is 0 Å². The van der Waals surface area contributed by atoms with E-state index in [9.17, 15) is 0 Å². The van der Waals surface area contributed by atoms with Gasteiger partial charge < -0.3 is 5.73 Å². The second kappa shape index (κ2) is 1.68. The number of aromatic nitrogens is 1. The van der Waals surface area contributed by atoms with Crippen molar-refractivity contribution in [3.63, 3.8) is 0 Å². The van der Waals surface area contributed by atoms with Gasteiger partial charge in [-0.1, -0.05) is 11.3 Å². The van der Waals surface area contributed by atoms with Gasteiger partial charge in [0.1, 0.15) is 4.83 Å². The third-order valence-corrected chi connectivity index (χ3v) is 2.82. The number of nitrogens with two attached hydrogens (primary N) is 1. The van der Waals surface area contributed by atoms with Crippen molar-refractivity contribution >= 4 is 37.3 Å². The van der Waals surface area contributed by atoms with Crippen LogP contribution >= 0.6 is 22.7 Å². The highest BCUT2D eigenvalue weighted by atomic mass is 32.1. The fourth-order valence-electron chi connectivity index (χ4n) is 0.684. The van der Waals surface area contributed by atoms with Crippen molar-refractivity contribution in [2.45, 2.75) is 0 Å². The summed E-state index contributed by atoms with van der Waals surface area (Å²) in [6, 6.07) is 2.04. The van der Waals surface area contributed by atoms with E-state index in [2.05, 4.69) is 4.98 Å². The van der Waals surface area contributed by atoms with Crippen LogP contribution in [0.4, 0.5) is 5.13 Å². The Morgan fingerprint density at radius 3 is 3.22 bits per heavy atom. The van der Waals surface area contributed by atoms with Crippen LogP contribution < -0.4 is 5.73 Å². The van der Waals surface area contributed by atoms with Gasteiger partial charge >= 0.3 is 0 Å². The van der Waals surface area contributed by atoms with E-state index in [1.165, 1.54) is 16.0 Å². The topological polar surface area (TPSA) is 38.9 Å². The van der Waals surface area contributed by atoms with Crippen LogP contribution in [0, 0.1) is 0 Å². The highest BCUT2D eigenvalue weighted by Crippen LogP contribution is 2.27. The summed E-state index contributed by atoms with van der Waals surface area (Å²) in [5.74, 6) is 0. The zero-order valence-electron chi connectivity index (χ0n) is 4.50. The Hall–Kier alpha value is -0.610. The number of thiophene rings is 1. The van der Waals surface area contributed by atoms with Crippen molar-refractivity contribution in [2.75, 3.05) is 5.73 Å². The maximum Gasteiger partial charge on any atom is 0.181 e. The molecule has 46 valence electrons. The predicted molar refractivity (Wildman–Crippen MR) is 41.9 cm³/mol. The minimum Gasteiger partial charge on any atom is -0.375 e. The van der Waals surface area contributed by atoms with Gasteiger partial charge in [-0.2, -0.15) is 0 Å². The predicted octanol–water partition coefficient (Wildman–Crippen LogP) is 1.94. The number of nitrogens with zero attached hydrogens (tertiary/aromatic N) is 1. The van der Waals surface area contributed by atoms with Crippen LogP contribution in [0.2, 0.25) is 0 Å². The van der Waals surface area contributed by atoms with Crippen LogP contribution in [0.3, 0.4) is 0 Å². The van der Waals surface area contributed by atoms with Gasteiger partial charge in [-0.15, -0.1) is 11.3 Å². The summed E-state index contributed by atoms with van der Waals surface area (Å²) in [6.07, 6.45) is 0. The molecule has 0 aliphatic heterocycles. The summed E-state index contributed by atoms with van der Waals surface area (Å²) in [6.45, 7) is 0. The minimum absolute atomic E-state index is 0.664. The first-order chi connectivity index (χ1) is 4.36. The summed E-state index contributed by atoms with van der Waals surface area (Å²) in [5, 5.41) is 2.69. The van der Waals surface area contributed by atoms with Gasteiger partial charge in [-0.3, -0.25) is 0 Å². The highest BCUT2D eigenvalue weighted by molar-refractivity contribution is 7.28. The van der Waals surface area contributed by atoms with Crippen molar-refractivity contribution in [2.24, 2.45) is 0 Å². The molecule has 2 aromatic heterocycles. The fraction of sp³-hybridized carbons (Fsp3) is 0. The number of hydrogen-bond acceptors (Lipinski definition) is 4. The van der Waals surface area contributed by atoms with Crippen LogP contribution in [0.25, 0.3) is 9.53 Å². The lowest BCUT2D eigenvalue weighted by molar-refractivity contribution is 1.53. The first-order valence-corrected chi connectivity index (χ1v) is 4.15. The second-order valence-electron chi connectivity index (χ2n) is 1.64. The van der Waals surface area contributed by atoms with E-state index in [0.29, 0.717) is 5.13 Å². The molecule has 0 atom stereocenters. The molecular formula is C5H4N2S2. The number of hydrogen-bond donors (Lipinski definition) is 1. The van der Waals surface area contributed by atoms with E-state index in [4.69, 9.17) is 5.73 Å². The monoisotopic (exact) mass is 156 g/mol. The average Bonchev–Trinajstić information content (AvgIpc) is 2.22. The van der Waals surface area contributed by atoms with E-state index >= 15 is 0 Å². The molecule has 0 aliphatic rings. The molecule has 2 nitrogen and oxygen atoms in total. The molecule has 0 fully saturated rings. The smallest absolute Gasteiger partial charge is 0.181 e. The Morgan fingerprint density at radius 1 is 1.56 bits per heavy atom. The minimum atomic E-state index is 0.664. The maximum atomic E-state index is 5.45. The molecule has 0 radical (unpaired) electrons. The fourth-order valence-corrected chi connectivity index (χ4v) is 2.40. The molecule has 2 rings (SSSR count).